The van der Waals surface area contributed by atoms with Crippen LogP contribution in [0.1, 0.15) is 24.8 Å². The van der Waals surface area contributed by atoms with Crippen molar-refractivity contribution >= 4 is 5.97 Å². The molecule has 1 heterocycles. The smallest absolute Gasteiger partial charge is 0.303 e. The Morgan fingerprint density at radius 1 is 1.50 bits per heavy atom. The standard InChI is InChI=1S/C14H18O4/c15-14(16)6-2-4-11-3-1-5-12(9-11)18-13-7-8-17-10-13/h1,3,5,9,13H,2,4,6-8,10H2,(H,15,16). The zero-order chi connectivity index (χ0) is 12.8. The van der Waals surface area contributed by atoms with Crippen LogP contribution in [-0.2, 0) is 16.0 Å². The van der Waals surface area contributed by atoms with Gasteiger partial charge in [0.25, 0.3) is 0 Å². The van der Waals surface area contributed by atoms with E-state index in [4.69, 9.17) is 14.6 Å². The van der Waals surface area contributed by atoms with Gasteiger partial charge in [0, 0.05) is 12.8 Å². The van der Waals surface area contributed by atoms with Gasteiger partial charge in [-0.3, -0.25) is 4.79 Å². The predicted octanol–water partition coefficient (Wildman–Crippen LogP) is 2.26. The van der Waals surface area contributed by atoms with Gasteiger partial charge in [-0.15, -0.1) is 0 Å². The maximum Gasteiger partial charge on any atom is 0.303 e. The summed E-state index contributed by atoms with van der Waals surface area (Å²) in [4.78, 5) is 10.4. The number of carbonyl (C=O) groups is 1. The number of ether oxygens (including phenoxy) is 2. The summed E-state index contributed by atoms with van der Waals surface area (Å²) < 4.78 is 11.1. The summed E-state index contributed by atoms with van der Waals surface area (Å²) in [5.74, 6) is 0.101. The van der Waals surface area contributed by atoms with Crippen LogP contribution in [0.5, 0.6) is 5.75 Å². The first-order valence-electron chi connectivity index (χ1n) is 6.29. The molecule has 1 fully saturated rings. The van der Waals surface area contributed by atoms with Gasteiger partial charge in [-0.2, -0.15) is 0 Å². The molecule has 1 unspecified atom stereocenters. The van der Waals surface area contributed by atoms with Crippen molar-refractivity contribution in [2.75, 3.05) is 13.2 Å². The summed E-state index contributed by atoms with van der Waals surface area (Å²) in [6.07, 6.45) is 2.72. The fraction of sp³-hybridized carbons (Fsp3) is 0.500. The van der Waals surface area contributed by atoms with Crippen LogP contribution in [0.25, 0.3) is 0 Å². The van der Waals surface area contributed by atoms with Crippen molar-refractivity contribution in [3.8, 4) is 5.75 Å². The second-order valence-corrected chi connectivity index (χ2v) is 4.50. The molecule has 1 saturated heterocycles. The van der Waals surface area contributed by atoms with Crippen molar-refractivity contribution in [3.05, 3.63) is 29.8 Å². The topological polar surface area (TPSA) is 55.8 Å². The number of hydrogen-bond donors (Lipinski definition) is 1. The second-order valence-electron chi connectivity index (χ2n) is 4.50. The number of aryl methyl sites for hydroxylation is 1. The molecule has 1 aromatic rings. The maximum absolute atomic E-state index is 10.4. The molecule has 1 atom stereocenters. The molecule has 0 aromatic heterocycles. The minimum atomic E-state index is -0.745. The van der Waals surface area contributed by atoms with E-state index in [-0.39, 0.29) is 12.5 Å². The highest BCUT2D eigenvalue weighted by Crippen LogP contribution is 2.19. The predicted molar refractivity (Wildman–Crippen MR) is 66.9 cm³/mol. The molecule has 2 rings (SSSR count). The van der Waals surface area contributed by atoms with Gasteiger partial charge in [0.2, 0.25) is 0 Å². The number of carboxylic acids is 1. The Labute approximate surface area is 107 Å². The molecule has 4 nitrogen and oxygen atoms in total. The lowest BCUT2D eigenvalue weighted by Crippen LogP contribution is -2.15. The summed E-state index contributed by atoms with van der Waals surface area (Å²) >= 11 is 0. The summed E-state index contributed by atoms with van der Waals surface area (Å²) in [5.41, 5.74) is 1.12. The molecule has 1 aliphatic rings. The Bertz CT molecular complexity index is 397. The van der Waals surface area contributed by atoms with Crippen LogP contribution in [0.4, 0.5) is 0 Å². The monoisotopic (exact) mass is 250 g/mol. The van der Waals surface area contributed by atoms with Gasteiger partial charge < -0.3 is 14.6 Å². The molecule has 0 aliphatic carbocycles. The molecule has 18 heavy (non-hydrogen) atoms. The van der Waals surface area contributed by atoms with E-state index < -0.39 is 5.97 Å². The number of rotatable bonds is 6. The van der Waals surface area contributed by atoms with E-state index in [0.717, 1.165) is 30.8 Å². The van der Waals surface area contributed by atoms with Crippen molar-refractivity contribution < 1.29 is 19.4 Å². The fourth-order valence-corrected chi connectivity index (χ4v) is 2.02. The van der Waals surface area contributed by atoms with Gasteiger partial charge in [0.15, 0.2) is 0 Å². The number of hydrogen-bond acceptors (Lipinski definition) is 3. The van der Waals surface area contributed by atoms with Gasteiger partial charge in [0.05, 0.1) is 13.2 Å². The molecule has 0 radical (unpaired) electrons. The van der Waals surface area contributed by atoms with Gasteiger partial charge in [-0.1, -0.05) is 12.1 Å². The second kappa shape index (κ2) is 6.40. The third kappa shape index (κ3) is 4.04. The molecule has 0 amide bonds. The minimum Gasteiger partial charge on any atom is -0.488 e. The zero-order valence-corrected chi connectivity index (χ0v) is 10.3. The maximum atomic E-state index is 10.4. The van der Waals surface area contributed by atoms with Crippen molar-refractivity contribution in [3.63, 3.8) is 0 Å². The summed E-state index contributed by atoms with van der Waals surface area (Å²) in [5, 5.41) is 8.60. The van der Waals surface area contributed by atoms with Gasteiger partial charge in [0.1, 0.15) is 11.9 Å². The molecular weight excluding hydrogens is 232 g/mol. The Morgan fingerprint density at radius 2 is 2.39 bits per heavy atom. The van der Waals surface area contributed by atoms with Crippen molar-refractivity contribution in [2.45, 2.75) is 31.8 Å². The molecule has 0 bridgehead atoms. The van der Waals surface area contributed by atoms with Crippen LogP contribution in [-0.4, -0.2) is 30.4 Å². The average Bonchev–Trinajstić information content (AvgIpc) is 2.82. The lowest BCUT2D eigenvalue weighted by atomic mass is 10.1. The largest absolute Gasteiger partial charge is 0.488 e. The van der Waals surface area contributed by atoms with Crippen molar-refractivity contribution in [1.82, 2.24) is 0 Å². The number of benzene rings is 1. The van der Waals surface area contributed by atoms with E-state index in [1.807, 2.05) is 24.3 Å². The van der Waals surface area contributed by atoms with Crippen molar-refractivity contribution in [1.29, 1.82) is 0 Å². The van der Waals surface area contributed by atoms with E-state index >= 15 is 0 Å². The molecule has 1 aliphatic heterocycles. The van der Waals surface area contributed by atoms with E-state index in [1.54, 1.807) is 0 Å². The van der Waals surface area contributed by atoms with Crippen LogP contribution in [0.2, 0.25) is 0 Å². The van der Waals surface area contributed by atoms with Crippen LogP contribution in [0, 0.1) is 0 Å². The lowest BCUT2D eigenvalue weighted by molar-refractivity contribution is -0.137. The van der Waals surface area contributed by atoms with E-state index in [0.29, 0.717) is 13.0 Å². The Kier molecular flexibility index (Phi) is 4.59. The molecule has 98 valence electrons. The fourth-order valence-electron chi connectivity index (χ4n) is 2.02. The van der Waals surface area contributed by atoms with Crippen LogP contribution < -0.4 is 4.74 Å². The minimum absolute atomic E-state index is 0.152. The van der Waals surface area contributed by atoms with E-state index in [1.165, 1.54) is 0 Å². The van der Waals surface area contributed by atoms with Crippen LogP contribution in [0.15, 0.2) is 24.3 Å². The highest BCUT2D eigenvalue weighted by molar-refractivity contribution is 5.66. The Balaban J connectivity index is 1.86. The summed E-state index contributed by atoms with van der Waals surface area (Å²) in [7, 11) is 0. The molecular formula is C14H18O4. The van der Waals surface area contributed by atoms with E-state index in [2.05, 4.69) is 0 Å². The molecule has 1 N–H and O–H groups in total. The first kappa shape index (κ1) is 12.9. The Hall–Kier alpha value is -1.55. The highest BCUT2D eigenvalue weighted by atomic mass is 16.5. The molecule has 1 aromatic carbocycles. The third-order valence-corrected chi connectivity index (χ3v) is 2.95. The van der Waals surface area contributed by atoms with E-state index in [9.17, 15) is 4.79 Å². The summed E-state index contributed by atoms with van der Waals surface area (Å²) in [6, 6.07) is 7.86. The third-order valence-electron chi connectivity index (χ3n) is 2.95. The molecule has 0 saturated carbocycles. The first-order chi connectivity index (χ1) is 8.74. The van der Waals surface area contributed by atoms with Gasteiger partial charge in [-0.25, -0.2) is 0 Å². The average molecular weight is 250 g/mol. The zero-order valence-electron chi connectivity index (χ0n) is 10.3. The Morgan fingerprint density at radius 3 is 3.11 bits per heavy atom. The van der Waals surface area contributed by atoms with Crippen LogP contribution >= 0.6 is 0 Å². The van der Waals surface area contributed by atoms with Crippen molar-refractivity contribution in [2.24, 2.45) is 0 Å². The van der Waals surface area contributed by atoms with Gasteiger partial charge in [-0.05, 0) is 30.5 Å². The SMILES string of the molecule is O=C(O)CCCc1cccc(OC2CCOC2)c1. The first-order valence-corrected chi connectivity index (χ1v) is 6.29. The molecule has 0 spiro atoms. The molecule has 4 heteroatoms. The lowest BCUT2D eigenvalue weighted by Gasteiger charge is -2.12. The summed E-state index contributed by atoms with van der Waals surface area (Å²) in [6.45, 7) is 1.42. The number of aliphatic carboxylic acids is 1. The van der Waals surface area contributed by atoms with Gasteiger partial charge >= 0.3 is 5.97 Å². The number of carboxylic acid groups (broad SMARTS) is 1. The quantitative estimate of drug-likeness (QED) is 0.841. The highest BCUT2D eigenvalue weighted by Gasteiger charge is 2.17. The normalized spacial score (nSPS) is 18.8. The van der Waals surface area contributed by atoms with Crippen LogP contribution in [0.3, 0.4) is 0 Å².